The zero-order valence-electron chi connectivity index (χ0n) is 10.3. The second-order valence-corrected chi connectivity index (χ2v) is 4.63. The van der Waals surface area contributed by atoms with Crippen LogP contribution in [0.25, 0.3) is 0 Å². The number of methoxy groups -OCH3 is 1. The number of ether oxygens (including phenoxy) is 2. The molecule has 1 heterocycles. The molecule has 1 spiro atoms. The molecule has 1 aliphatic carbocycles. The summed E-state index contributed by atoms with van der Waals surface area (Å²) in [5.41, 5.74) is 1.46. The van der Waals surface area contributed by atoms with Crippen molar-refractivity contribution in [3.8, 4) is 0 Å². The summed E-state index contributed by atoms with van der Waals surface area (Å²) in [5.74, 6) is -1.15. The molecule has 92 valence electrons. The summed E-state index contributed by atoms with van der Waals surface area (Å²) in [6, 6.07) is 0. The van der Waals surface area contributed by atoms with Gasteiger partial charge in [-0.2, -0.15) is 0 Å². The van der Waals surface area contributed by atoms with Gasteiger partial charge in [-0.3, -0.25) is 0 Å². The minimum absolute atomic E-state index is 0.0699. The molecule has 17 heavy (non-hydrogen) atoms. The predicted molar refractivity (Wildman–Crippen MR) is 61.1 cm³/mol. The standard InChI is InChI=1S/C13H16O4/c1-8-4-6-13(7-5-8)9(2)10(11(14)16-3)12(15)17-13/h4H,5-7H2,1-3H3. The molecule has 1 unspecified atom stereocenters. The van der Waals surface area contributed by atoms with Crippen LogP contribution < -0.4 is 0 Å². The van der Waals surface area contributed by atoms with Crippen LogP contribution in [0.1, 0.15) is 33.1 Å². The molecular weight excluding hydrogens is 220 g/mol. The van der Waals surface area contributed by atoms with Crippen molar-refractivity contribution in [2.45, 2.75) is 38.7 Å². The van der Waals surface area contributed by atoms with Crippen molar-refractivity contribution in [3.05, 3.63) is 22.8 Å². The highest BCUT2D eigenvalue weighted by atomic mass is 16.6. The first-order chi connectivity index (χ1) is 8.00. The summed E-state index contributed by atoms with van der Waals surface area (Å²) in [7, 11) is 1.27. The molecule has 2 rings (SSSR count). The summed E-state index contributed by atoms with van der Waals surface area (Å²) in [6.45, 7) is 3.84. The molecule has 1 aliphatic heterocycles. The summed E-state index contributed by atoms with van der Waals surface area (Å²) in [6.07, 6.45) is 4.35. The maximum Gasteiger partial charge on any atom is 0.346 e. The largest absolute Gasteiger partial charge is 0.465 e. The van der Waals surface area contributed by atoms with Crippen LogP contribution >= 0.6 is 0 Å². The molecule has 0 fully saturated rings. The number of hydrogen-bond acceptors (Lipinski definition) is 4. The van der Waals surface area contributed by atoms with E-state index in [9.17, 15) is 9.59 Å². The van der Waals surface area contributed by atoms with E-state index in [4.69, 9.17) is 4.74 Å². The second kappa shape index (κ2) is 4.02. The predicted octanol–water partition coefficient (Wildman–Crippen LogP) is 1.90. The van der Waals surface area contributed by atoms with Gasteiger partial charge in [0.25, 0.3) is 0 Å². The maximum absolute atomic E-state index is 11.7. The quantitative estimate of drug-likeness (QED) is 0.396. The smallest absolute Gasteiger partial charge is 0.346 e. The van der Waals surface area contributed by atoms with Gasteiger partial charge >= 0.3 is 11.9 Å². The van der Waals surface area contributed by atoms with Crippen LogP contribution in [0.15, 0.2) is 22.8 Å². The van der Waals surface area contributed by atoms with Crippen molar-refractivity contribution in [1.82, 2.24) is 0 Å². The van der Waals surface area contributed by atoms with E-state index in [-0.39, 0.29) is 5.57 Å². The Labute approximate surface area is 100 Å². The average Bonchev–Trinajstić information content (AvgIpc) is 2.55. The molecule has 4 nitrogen and oxygen atoms in total. The van der Waals surface area contributed by atoms with E-state index in [1.54, 1.807) is 6.92 Å². The van der Waals surface area contributed by atoms with Gasteiger partial charge in [-0.25, -0.2) is 9.59 Å². The van der Waals surface area contributed by atoms with Crippen LogP contribution in [0.3, 0.4) is 0 Å². The van der Waals surface area contributed by atoms with E-state index in [1.165, 1.54) is 12.7 Å². The Balaban J connectivity index is 2.38. The zero-order valence-corrected chi connectivity index (χ0v) is 10.3. The molecule has 0 radical (unpaired) electrons. The van der Waals surface area contributed by atoms with Crippen molar-refractivity contribution >= 4 is 11.9 Å². The second-order valence-electron chi connectivity index (χ2n) is 4.63. The van der Waals surface area contributed by atoms with Crippen LogP contribution in [0, 0.1) is 0 Å². The molecule has 4 heteroatoms. The van der Waals surface area contributed by atoms with Crippen LogP contribution in [-0.2, 0) is 19.1 Å². The van der Waals surface area contributed by atoms with Gasteiger partial charge < -0.3 is 9.47 Å². The van der Waals surface area contributed by atoms with E-state index < -0.39 is 17.5 Å². The van der Waals surface area contributed by atoms with E-state index in [0.717, 1.165) is 12.8 Å². The Morgan fingerprint density at radius 2 is 2.18 bits per heavy atom. The number of carbonyl (C=O) groups excluding carboxylic acids is 2. The molecule has 0 aromatic rings. The molecule has 0 saturated carbocycles. The van der Waals surface area contributed by atoms with Crippen molar-refractivity contribution in [2.24, 2.45) is 0 Å². The summed E-state index contributed by atoms with van der Waals surface area (Å²) < 4.78 is 10.0. The molecule has 0 N–H and O–H groups in total. The van der Waals surface area contributed by atoms with Gasteiger partial charge in [-0.05, 0) is 32.3 Å². The lowest BCUT2D eigenvalue weighted by Crippen LogP contribution is -2.32. The fourth-order valence-corrected chi connectivity index (χ4v) is 2.40. The summed E-state index contributed by atoms with van der Waals surface area (Å²) in [4.78, 5) is 23.3. The van der Waals surface area contributed by atoms with Crippen molar-refractivity contribution in [1.29, 1.82) is 0 Å². The Hall–Kier alpha value is -1.58. The molecular formula is C13H16O4. The van der Waals surface area contributed by atoms with Crippen molar-refractivity contribution in [2.75, 3.05) is 7.11 Å². The lowest BCUT2D eigenvalue weighted by Gasteiger charge is -2.32. The van der Waals surface area contributed by atoms with E-state index in [1.807, 2.05) is 0 Å². The summed E-state index contributed by atoms with van der Waals surface area (Å²) >= 11 is 0. The van der Waals surface area contributed by atoms with Gasteiger partial charge in [0.15, 0.2) is 0 Å². The first-order valence-corrected chi connectivity index (χ1v) is 5.69. The van der Waals surface area contributed by atoms with Crippen molar-refractivity contribution in [3.63, 3.8) is 0 Å². The van der Waals surface area contributed by atoms with E-state index in [0.29, 0.717) is 12.0 Å². The van der Waals surface area contributed by atoms with Gasteiger partial charge in [0.1, 0.15) is 11.2 Å². The van der Waals surface area contributed by atoms with Crippen LogP contribution in [0.2, 0.25) is 0 Å². The topological polar surface area (TPSA) is 52.6 Å². The number of rotatable bonds is 1. The molecule has 0 aromatic heterocycles. The number of carbonyl (C=O) groups is 2. The molecule has 0 bridgehead atoms. The zero-order chi connectivity index (χ0) is 12.6. The number of allylic oxidation sites excluding steroid dienone is 1. The SMILES string of the molecule is COC(=O)C1=C(C)C2(CC=C(C)CC2)OC1=O. The van der Waals surface area contributed by atoms with Gasteiger partial charge in [0.2, 0.25) is 0 Å². The van der Waals surface area contributed by atoms with E-state index >= 15 is 0 Å². The normalized spacial score (nSPS) is 28.2. The van der Waals surface area contributed by atoms with Crippen molar-refractivity contribution < 1.29 is 19.1 Å². The Bertz CT molecular complexity index is 444. The lowest BCUT2D eigenvalue weighted by atomic mass is 9.80. The summed E-state index contributed by atoms with van der Waals surface area (Å²) in [5, 5.41) is 0. The van der Waals surface area contributed by atoms with Gasteiger partial charge in [0, 0.05) is 6.42 Å². The fourth-order valence-electron chi connectivity index (χ4n) is 2.40. The third-order valence-corrected chi connectivity index (χ3v) is 3.64. The molecule has 1 atom stereocenters. The monoisotopic (exact) mass is 236 g/mol. The Morgan fingerprint density at radius 3 is 2.71 bits per heavy atom. The number of hydrogen-bond donors (Lipinski definition) is 0. The Morgan fingerprint density at radius 1 is 1.47 bits per heavy atom. The first kappa shape index (κ1) is 11.9. The van der Waals surface area contributed by atoms with Crippen LogP contribution in [0.4, 0.5) is 0 Å². The Kier molecular flexibility index (Phi) is 2.81. The molecule has 0 amide bonds. The molecule has 0 aromatic carbocycles. The number of esters is 2. The first-order valence-electron chi connectivity index (χ1n) is 5.69. The third-order valence-electron chi connectivity index (χ3n) is 3.64. The minimum Gasteiger partial charge on any atom is -0.465 e. The van der Waals surface area contributed by atoms with Gasteiger partial charge in [0.05, 0.1) is 7.11 Å². The fraction of sp³-hybridized carbons (Fsp3) is 0.538. The maximum atomic E-state index is 11.7. The highest BCUT2D eigenvalue weighted by molar-refractivity contribution is 6.16. The van der Waals surface area contributed by atoms with Gasteiger partial charge in [-0.15, -0.1) is 0 Å². The lowest BCUT2D eigenvalue weighted by molar-refractivity contribution is -0.150. The average molecular weight is 236 g/mol. The molecule has 0 saturated heterocycles. The highest BCUT2D eigenvalue weighted by Crippen LogP contribution is 2.43. The third kappa shape index (κ3) is 1.77. The highest BCUT2D eigenvalue weighted by Gasteiger charge is 2.47. The molecule has 2 aliphatic rings. The van der Waals surface area contributed by atoms with E-state index in [2.05, 4.69) is 17.7 Å². The van der Waals surface area contributed by atoms with Gasteiger partial charge in [-0.1, -0.05) is 11.6 Å². The van der Waals surface area contributed by atoms with Crippen LogP contribution in [0.5, 0.6) is 0 Å². The van der Waals surface area contributed by atoms with Crippen LogP contribution in [-0.4, -0.2) is 24.6 Å². The minimum atomic E-state index is -0.611.